The maximum Gasteiger partial charge on any atom is 0.262 e. The van der Waals surface area contributed by atoms with Gasteiger partial charge in [-0.2, -0.15) is 0 Å². The van der Waals surface area contributed by atoms with E-state index in [1.54, 1.807) is 0 Å². The quantitative estimate of drug-likeness (QED) is 0.583. The topological polar surface area (TPSA) is 34.1 Å². The Morgan fingerprint density at radius 1 is 1.15 bits per heavy atom. The van der Waals surface area contributed by atoms with E-state index in [1.165, 1.54) is 12.1 Å². The Labute approximate surface area is 98.3 Å². The van der Waals surface area contributed by atoms with E-state index in [1.807, 2.05) is 0 Å². The second-order valence-electron chi connectivity index (χ2n) is 2.13. The molecule has 0 radical (unpaired) electrons. The molecule has 0 aromatic heterocycles. The van der Waals surface area contributed by atoms with E-state index in [-0.39, 0.29) is 9.92 Å². The van der Waals surface area contributed by atoms with Crippen LogP contribution in [0.15, 0.2) is 21.5 Å². The molecular formula is C6H2BrCl3O2S. The molecule has 0 bridgehead atoms. The minimum Gasteiger partial charge on any atom is -0.207 e. The first-order valence-corrected chi connectivity index (χ1v) is 6.77. The summed E-state index contributed by atoms with van der Waals surface area (Å²) < 4.78 is 22.3. The van der Waals surface area contributed by atoms with Crippen molar-refractivity contribution >= 4 is 58.9 Å². The first-order valence-electron chi connectivity index (χ1n) is 2.91. The van der Waals surface area contributed by atoms with Gasteiger partial charge in [-0.15, -0.1) is 0 Å². The molecule has 0 fully saturated rings. The molecule has 0 saturated heterocycles. The average molecular weight is 324 g/mol. The van der Waals surface area contributed by atoms with Gasteiger partial charge in [0.1, 0.15) is 4.90 Å². The Morgan fingerprint density at radius 2 is 1.69 bits per heavy atom. The fourth-order valence-corrected chi connectivity index (χ4v) is 2.93. The van der Waals surface area contributed by atoms with Gasteiger partial charge in [-0.05, 0) is 28.1 Å². The molecule has 1 aromatic carbocycles. The number of hydrogen-bond acceptors (Lipinski definition) is 2. The lowest BCUT2D eigenvalue weighted by molar-refractivity contribution is 0.609. The third-order valence-electron chi connectivity index (χ3n) is 1.24. The van der Waals surface area contributed by atoms with Crippen LogP contribution in [0.3, 0.4) is 0 Å². The highest BCUT2D eigenvalue weighted by Crippen LogP contribution is 2.33. The fraction of sp³-hybridized carbons (Fsp3) is 0. The maximum atomic E-state index is 10.9. The van der Waals surface area contributed by atoms with Gasteiger partial charge >= 0.3 is 0 Å². The van der Waals surface area contributed by atoms with Crippen LogP contribution in [0.4, 0.5) is 0 Å². The first kappa shape index (κ1) is 11.6. The van der Waals surface area contributed by atoms with Crippen LogP contribution in [0.25, 0.3) is 0 Å². The Kier molecular flexibility index (Phi) is 3.52. The molecule has 0 aliphatic rings. The van der Waals surface area contributed by atoms with Gasteiger partial charge in [0.15, 0.2) is 0 Å². The van der Waals surface area contributed by atoms with Gasteiger partial charge in [-0.1, -0.05) is 23.2 Å². The molecular weight excluding hydrogens is 322 g/mol. The van der Waals surface area contributed by atoms with Gasteiger partial charge < -0.3 is 0 Å². The Morgan fingerprint density at radius 3 is 2.15 bits per heavy atom. The Balaban J connectivity index is 3.50. The summed E-state index contributed by atoms with van der Waals surface area (Å²) >= 11 is 14.3. The van der Waals surface area contributed by atoms with Gasteiger partial charge in [0.05, 0.1) is 10.0 Å². The number of hydrogen-bond donors (Lipinski definition) is 0. The van der Waals surface area contributed by atoms with Crippen LogP contribution in [-0.2, 0) is 9.05 Å². The highest BCUT2D eigenvalue weighted by Gasteiger charge is 2.16. The standard InChI is InChI=1S/C6H2BrCl3O2S/c7-3-1-6(13(10,11)12)5(9)2-4(3)8/h1-2H. The van der Waals surface area contributed by atoms with Gasteiger partial charge in [-0.3, -0.25) is 0 Å². The van der Waals surface area contributed by atoms with Gasteiger partial charge in [0, 0.05) is 15.2 Å². The molecule has 72 valence electrons. The molecule has 0 atom stereocenters. The zero-order valence-corrected chi connectivity index (χ0v) is 10.6. The van der Waals surface area contributed by atoms with Crippen LogP contribution >= 0.6 is 49.8 Å². The van der Waals surface area contributed by atoms with E-state index < -0.39 is 9.05 Å². The van der Waals surface area contributed by atoms with Crippen molar-refractivity contribution < 1.29 is 8.42 Å². The van der Waals surface area contributed by atoms with Crippen molar-refractivity contribution in [3.63, 3.8) is 0 Å². The molecule has 0 unspecified atom stereocenters. The highest BCUT2D eigenvalue weighted by atomic mass is 79.9. The SMILES string of the molecule is O=S(=O)(Cl)c1cc(Br)c(Cl)cc1Cl. The monoisotopic (exact) mass is 322 g/mol. The van der Waals surface area contributed by atoms with E-state index in [4.69, 9.17) is 33.9 Å². The largest absolute Gasteiger partial charge is 0.262 e. The van der Waals surface area contributed by atoms with Crippen LogP contribution in [-0.4, -0.2) is 8.42 Å². The summed E-state index contributed by atoms with van der Waals surface area (Å²) in [5.41, 5.74) is 0. The fourth-order valence-electron chi connectivity index (χ4n) is 0.691. The lowest BCUT2D eigenvalue weighted by atomic mass is 10.4. The van der Waals surface area contributed by atoms with E-state index in [2.05, 4.69) is 15.9 Å². The van der Waals surface area contributed by atoms with Crippen LogP contribution < -0.4 is 0 Å². The Hall–Kier alpha value is 0.520. The highest BCUT2D eigenvalue weighted by molar-refractivity contribution is 9.10. The van der Waals surface area contributed by atoms with Crippen LogP contribution in [0.5, 0.6) is 0 Å². The van der Waals surface area contributed by atoms with Crippen molar-refractivity contribution in [2.75, 3.05) is 0 Å². The van der Waals surface area contributed by atoms with Crippen molar-refractivity contribution in [2.45, 2.75) is 4.90 Å². The lowest BCUT2D eigenvalue weighted by Crippen LogP contribution is -1.92. The molecule has 13 heavy (non-hydrogen) atoms. The molecule has 1 aromatic rings. The summed E-state index contributed by atoms with van der Waals surface area (Å²) in [6.45, 7) is 0. The second kappa shape index (κ2) is 3.95. The summed E-state index contributed by atoms with van der Waals surface area (Å²) in [7, 11) is 1.29. The predicted molar refractivity (Wildman–Crippen MR) is 57.2 cm³/mol. The van der Waals surface area contributed by atoms with Crippen molar-refractivity contribution in [1.29, 1.82) is 0 Å². The summed E-state index contributed by atoms with van der Waals surface area (Å²) in [5.74, 6) is 0. The molecule has 0 aliphatic carbocycles. The maximum absolute atomic E-state index is 10.9. The molecule has 1 rings (SSSR count). The second-order valence-corrected chi connectivity index (χ2v) is 6.34. The van der Waals surface area contributed by atoms with Crippen molar-refractivity contribution in [3.8, 4) is 0 Å². The molecule has 0 aliphatic heterocycles. The summed E-state index contributed by atoms with van der Waals surface area (Å²) in [4.78, 5) is -0.160. The van der Waals surface area contributed by atoms with E-state index >= 15 is 0 Å². The van der Waals surface area contributed by atoms with Gasteiger partial charge in [0.2, 0.25) is 0 Å². The molecule has 0 N–H and O–H groups in total. The normalized spacial score (nSPS) is 11.7. The minimum atomic E-state index is -3.82. The first-order chi connectivity index (χ1) is 5.82. The molecule has 0 heterocycles. The summed E-state index contributed by atoms with van der Waals surface area (Å²) in [6.07, 6.45) is 0. The van der Waals surface area contributed by atoms with Crippen LogP contribution in [0.1, 0.15) is 0 Å². The van der Waals surface area contributed by atoms with E-state index in [0.29, 0.717) is 9.50 Å². The smallest absolute Gasteiger partial charge is 0.207 e. The predicted octanol–water partition coefficient (Wildman–Crippen LogP) is 3.68. The third-order valence-corrected chi connectivity index (χ3v) is 4.22. The number of halogens is 4. The van der Waals surface area contributed by atoms with Crippen molar-refractivity contribution in [1.82, 2.24) is 0 Å². The summed E-state index contributed by atoms with van der Waals surface area (Å²) in [6, 6.07) is 2.56. The van der Waals surface area contributed by atoms with Gasteiger partial charge in [-0.25, -0.2) is 8.42 Å². The average Bonchev–Trinajstić information content (AvgIpc) is 1.94. The van der Waals surface area contributed by atoms with Gasteiger partial charge in [0.25, 0.3) is 9.05 Å². The lowest BCUT2D eigenvalue weighted by Gasteiger charge is -2.02. The Bertz CT molecular complexity index is 443. The summed E-state index contributed by atoms with van der Waals surface area (Å²) in [5, 5.41) is 0.331. The number of benzene rings is 1. The minimum absolute atomic E-state index is 0.00296. The molecule has 0 spiro atoms. The number of rotatable bonds is 1. The third kappa shape index (κ3) is 2.73. The van der Waals surface area contributed by atoms with Crippen LogP contribution in [0.2, 0.25) is 10.0 Å². The molecule has 0 saturated carbocycles. The molecule has 7 heteroatoms. The zero-order valence-electron chi connectivity index (χ0n) is 5.89. The molecule has 0 amide bonds. The van der Waals surface area contributed by atoms with E-state index in [9.17, 15) is 8.42 Å². The van der Waals surface area contributed by atoms with Crippen molar-refractivity contribution in [2.24, 2.45) is 0 Å². The van der Waals surface area contributed by atoms with Crippen LogP contribution in [0, 0.1) is 0 Å². The zero-order chi connectivity index (χ0) is 10.2. The van der Waals surface area contributed by atoms with E-state index in [0.717, 1.165) is 0 Å². The van der Waals surface area contributed by atoms with Crippen molar-refractivity contribution in [3.05, 3.63) is 26.7 Å². The molecule has 2 nitrogen and oxygen atoms in total.